The molecule has 1 aliphatic heterocycles. The average molecular weight is 562 g/mol. The molecule has 1 fully saturated rings. The summed E-state index contributed by atoms with van der Waals surface area (Å²) in [7, 11) is -0.619. The first-order valence-corrected chi connectivity index (χ1v) is 14.9. The number of methoxy groups -OCH3 is 1. The van der Waals surface area contributed by atoms with Gasteiger partial charge in [0.15, 0.2) is 11.0 Å². The van der Waals surface area contributed by atoms with E-state index in [4.69, 9.17) is 9.15 Å². The first kappa shape index (κ1) is 27.9. The number of benzene rings is 3. The molecule has 9 heteroatoms. The number of hydrogen-bond donors (Lipinski definition) is 0. The lowest BCUT2D eigenvalue weighted by Gasteiger charge is -2.36. The third-order valence-corrected chi connectivity index (χ3v) is 9.46. The van der Waals surface area contributed by atoms with Crippen molar-refractivity contribution in [1.29, 1.82) is 0 Å². The highest BCUT2D eigenvalue weighted by atomic mass is 32.2. The SMILES string of the molecule is COc1ccccc1N1CCN(CCCN(C)S(=O)(=O)c2cccc3c(=O)c(C)c(-c4ccccc4)oc23)CC1. The van der Waals surface area contributed by atoms with Gasteiger partial charge in [-0.05, 0) is 44.2 Å². The minimum Gasteiger partial charge on any atom is -0.495 e. The molecule has 2 heterocycles. The molecule has 0 aliphatic carbocycles. The molecule has 0 saturated carbocycles. The summed E-state index contributed by atoms with van der Waals surface area (Å²) in [6.07, 6.45) is 0.688. The van der Waals surface area contributed by atoms with Crippen molar-refractivity contribution >= 4 is 26.7 Å². The third-order valence-electron chi connectivity index (χ3n) is 7.58. The predicted molar refractivity (Wildman–Crippen MR) is 159 cm³/mol. The lowest BCUT2D eigenvalue weighted by atomic mass is 10.1. The molecule has 1 saturated heterocycles. The summed E-state index contributed by atoms with van der Waals surface area (Å²) in [5, 5.41) is 0.263. The molecule has 0 atom stereocenters. The van der Waals surface area contributed by atoms with Gasteiger partial charge >= 0.3 is 0 Å². The zero-order valence-electron chi connectivity index (χ0n) is 23.2. The van der Waals surface area contributed by atoms with E-state index in [-0.39, 0.29) is 21.3 Å². The Morgan fingerprint density at radius 3 is 2.35 bits per heavy atom. The Morgan fingerprint density at radius 2 is 1.62 bits per heavy atom. The van der Waals surface area contributed by atoms with Crippen molar-refractivity contribution < 1.29 is 17.6 Å². The van der Waals surface area contributed by atoms with E-state index in [1.165, 1.54) is 10.4 Å². The van der Waals surface area contributed by atoms with Gasteiger partial charge in [0, 0.05) is 50.9 Å². The third kappa shape index (κ3) is 5.50. The molecule has 1 aromatic heterocycles. The van der Waals surface area contributed by atoms with Gasteiger partial charge < -0.3 is 14.1 Å². The zero-order valence-corrected chi connectivity index (χ0v) is 24.0. The number of rotatable bonds is 9. The number of nitrogens with zero attached hydrogens (tertiary/aromatic N) is 3. The second kappa shape index (κ2) is 11.8. The molecular weight excluding hydrogens is 526 g/mol. The highest BCUT2D eigenvalue weighted by Crippen LogP contribution is 2.31. The van der Waals surface area contributed by atoms with Crippen LogP contribution in [-0.2, 0) is 10.0 Å². The fourth-order valence-corrected chi connectivity index (χ4v) is 6.60. The minimum absolute atomic E-state index is 0.00667. The second-order valence-electron chi connectivity index (χ2n) is 10.1. The highest BCUT2D eigenvalue weighted by molar-refractivity contribution is 7.89. The quantitative estimate of drug-likeness (QED) is 0.295. The van der Waals surface area contributed by atoms with Crippen molar-refractivity contribution in [3.05, 3.63) is 88.6 Å². The number of anilines is 1. The number of sulfonamides is 1. The number of para-hydroxylation sites is 3. The summed E-state index contributed by atoms with van der Waals surface area (Å²) in [5.41, 5.74) is 2.14. The molecule has 0 bridgehead atoms. The molecule has 0 radical (unpaired) electrons. The average Bonchev–Trinajstić information content (AvgIpc) is 2.99. The molecule has 40 heavy (non-hydrogen) atoms. The Balaban J connectivity index is 1.27. The van der Waals surface area contributed by atoms with Gasteiger partial charge in [-0.1, -0.05) is 48.5 Å². The fraction of sp³-hybridized carbons (Fsp3) is 0.323. The molecule has 0 spiro atoms. The van der Waals surface area contributed by atoms with Crippen LogP contribution in [0.15, 0.2) is 86.9 Å². The van der Waals surface area contributed by atoms with E-state index in [0.29, 0.717) is 24.3 Å². The van der Waals surface area contributed by atoms with Gasteiger partial charge in [0.1, 0.15) is 16.4 Å². The van der Waals surface area contributed by atoms with Gasteiger partial charge in [-0.3, -0.25) is 9.69 Å². The van der Waals surface area contributed by atoms with E-state index < -0.39 is 10.0 Å². The lowest BCUT2D eigenvalue weighted by Crippen LogP contribution is -2.47. The summed E-state index contributed by atoms with van der Waals surface area (Å²) in [5.74, 6) is 1.26. The maximum absolute atomic E-state index is 13.7. The van der Waals surface area contributed by atoms with Crippen molar-refractivity contribution in [2.75, 3.05) is 58.3 Å². The van der Waals surface area contributed by atoms with Gasteiger partial charge in [0.2, 0.25) is 10.0 Å². The van der Waals surface area contributed by atoms with Crippen LogP contribution in [0.3, 0.4) is 0 Å². The molecule has 5 rings (SSSR count). The largest absolute Gasteiger partial charge is 0.495 e. The molecular formula is C31H35N3O5S. The van der Waals surface area contributed by atoms with Crippen LogP contribution in [-0.4, -0.2) is 71.0 Å². The van der Waals surface area contributed by atoms with E-state index in [0.717, 1.165) is 49.7 Å². The number of hydrogen-bond acceptors (Lipinski definition) is 7. The van der Waals surface area contributed by atoms with Crippen molar-refractivity contribution in [3.63, 3.8) is 0 Å². The van der Waals surface area contributed by atoms with Crippen molar-refractivity contribution in [2.45, 2.75) is 18.2 Å². The number of piperazine rings is 1. The van der Waals surface area contributed by atoms with E-state index in [1.807, 2.05) is 48.5 Å². The van der Waals surface area contributed by atoms with Crippen LogP contribution in [0, 0.1) is 6.92 Å². The fourth-order valence-electron chi connectivity index (χ4n) is 5.26. The minimum atomic E-state index is -3.89. The molecule has 4 aromatic rings. The molecule has 0 unspecified atom stereocenters. The first-order valence-electron chi connectivity index (χ1n) is 13.5. The van der Waals surface area contributed by atoms with E-state index in [1.54, 1.807) is 33.2 Å². The maximum Gasteiger partial charge on any atom is 0.246 e. The Hall–Kier alpha value is -3.66. The number of fused-ring (bicyclic) bond motifs is 1. The smallest absolute Gasteiger partial charge is 0.246 e. The Kier molecular flexibility index (Phi) is 8.25. The van der Waals surface area contributed by atoms with Crippen LogP contribution in [0.5, 0.6) is 5.75 Å². The van der Waals surface area contributed by atoms with Gasteiger partial charge in [-0.25, -0.2) is 12.7 Å². The summed E-state index contributed by atoms with van der Waals surface area (Å²) in [6.45, 7) is 6.40. The summed E-state index contributed by atoms with van der Waals surface area (Å²) in [4.78, 5) is 17.9. The van der Waals surface area contributed by atoms with Crippen LogP contribution < -0.4 is 15.1 Å². The van der Waals surface area contributed by atoms with E-state index >= 15 is 0 Å². The maximum atomic E-state index is 13.7. The molecule has 1 aliphatic rings. The van der Waals surface area contributed by atoms with Crippen LogP contribution >= 0.6 is 0 Å². The first-order chi connectivity index (χ1) is 19.3. The van der Waals surface area contributed by atoms with Crippen LogP contribution in [0.1, 0.15) is 12.0 Å². The normalized spacial score (nSPS) is 14.7. The van der Waals surface area contributed by atoms with Crippen molar-refractivity contribution in [2.24, 2.45) is 0 Å². The van der Waals surface area contributed by atoms with Crippen molar-refractivity contribution in [3.8, 4) is 17.1 Å². The zero-order chi connectivity index (χ0) is 28.3. The van der Waals surface area contributed by atoms with Crippen LogP contribution in [0.25, 0.3) is 22.3 Å². The lowest BCUT2D eigenvalue weighted by molar-refractivity contribution is 0.248. The van der Waals surface area contributed by atoms with Gasteiger partial charge in [-0.2, -0.15) is 0 Å². The van der Waals surface area contributed by atoms with Gasteiger partial charge in [0.05, 0.1) is 18.2 Å². The van der Waals surface area contributed by atoms with Gasteiger partial charge in [0.25, 0.3) is 0 Å². The molecule has 8 nitrogen and oxygen atoms in total. The van der Waals surface area contributed by atoms with E-state index in [2.05, 4.69) is 15.9 Å². The molecule has 0 N–H and O–H groups in total. The second-order valence-corrected chi connectivity index (χ2v) is 12.1. The predicted octanol–water partition coefficient (Wildman–Crippen LogP) is 4.61. The molecule has 210 valence electrons. The Morgan fingerprint density at radius 1 is 0.925 bits per heavy atom. The Labute approximate surface area is 235 Å². The van der Waals surface area contributed by atoms with Crippen molar-refractivity contribution in [1.82, 2.24) is 9.21 Å². The summed E-state index contributed by atoms with van der Waals surface area (Å²) < 4.78 is 40.4. The number of ether oxygens (including phenoxy) is 1. The van der Waals surface area contributed by atoms with E-state index in [9.17, 15) is 13.2 Å². The van der Waals surface area contributed by atoms with Crippen LogP contribution in [0.2, 0.25) is 0 Å². The molecule has 0 amide bonds. The highest BCUT2D eigenvalue weighted by Gasteiger charge is 2.27. The summed E-state index contributed by atoms with van der Waals surface area (Å²) in [6, 6.07) is 22.0. The molecule has 3 aromatic carbocycles. The van der Waals surface area contributed by atoms with Gasteiger partial charge in [-0.15, -0.1) is 0 Å². The summed E-state index contributed by atoms with van der Waals surface area (Å²) >= 11 is 0. The topological polar surface area (TPSA) is 83.3 Å². The monoisotopic (exact) mass is 561 g/mol. The Bertz CT molecular complexity index is 1650. The van der Waals surface area contributed by atoms with Crippen LogP contribution in [0.4, 0.5) is 5.69 Å². The standard InChI is InChI=1S/C31H35N3O5S/c1-23-29(35)25-13-9-16-28(31(25)39-30(23)24-11-5-4-6-12-24)40(36,37)32(2)17-10-18-33-19-21-34(22-20-33)26-14-7-8-15-27(26)38-3/h4-9,11-16H,10,17-22H2,1-3H3.